The summed E-state index contributed by atoms with van der Waals surface area (Å²) in [5.74, 6) is -0.353. The van der Waals surface area contributed by atoms with Gasteiger partial charge in [0.25, 0.3) is 0 Å². The lowest BCUT2D eigenvalue weighted by Crippen LogP contribution is -2.57. The molecule has 5 heteroatoms. The van der Waals surface area contributed by atoms with Gasteiger partial charge in [0, 0.05) is 19.6 Å². The smallest absolute Gasteiger partial charge is 0.317 e. The number of amides is 2. The fraction of sp³-hybridized carbons (Fsp3) is 0.818. The van der Waals surface area contributed by atoms with Crippen LogP contribution in [0.25, 0.3) is 0 Å². The Morgan fingerprint density at radius 3 is 2.38 bits per heavy atom. The average Bonchev–Trinajstić information content (AvgIpc) is 1.96. The highest BCUT2D eigenvalue weighted by molar-refractivity contribution is 5.76. The Morgan fingerprint density at radius 1 is 1.38 bits per heavy atom. The Balaban J connectivity index is 2.20. The summed E-state index contributed by atoms with van der Waals surface area (Å²) in [5, 5.41) is 11.0. The number of likely N-dealkylation sites (tertiary alicyclic amines) is 1. The number of aliphatic carboxylic acids is 1. The Hall–Kier alpha value is -1.26. The van der Waals surface area contributed by atoms with Gasteiger partial charge in [-0.1, -0.05) is 20.8 Å². The van der Waals surface area contributed by atoms with E-state index in [0.29, 0.717) is 5.92 Å². The molecule has 5 nitrogen and oxygen atoms in total. The van der Waals surface area contributed by atoms with Crippen LogP contribution in [0, 0.1) is 11.3 Å². The number of hydrogen-bond donors (Lipinski definition) is 2. The predicted octanol–water partition coefficient (Wildman–Crippen LogP) is 1.15. The quantitative estimate of drug-likeness (QED) is 0.761. The summed E-state index contributed by atoms with van der Waals surface area (Å²) in [6, 6.07) is -0.151. The Labute approximate surface area is 95.8 Å². The van der Waals surface area contributed by atoms with Gasteiger partial charge in [0.05, 0.1) is 6.42 Å². The van der Waals surface area contributed by atoms with Gasteiger partial charge < -0.3 is 15.3 Å². The number of carboxylic acid groups (broad SMARTS) is 1. The van der Waals surface area contributed by atoms with Crippen molar-refractivity contribution >= 4 is 12.0 Å². The molecule has 1 fully saturated rings. The van der Waals surface area contributed by atoms with Crippen LogP contribution in [0.5, 0.6) is 0 Å². The molecule has 1 aliphatic rings. The highest BCUT2D eigenvalue weighted by Gasteiger charge is 2.37. The minimum absolute atomic E-state index is 0.0255. The van der Waals surface area contributed by atoms with Crippen LogP contribution in [0.15, 0.2) is 0 Å². The van der Waals surface area contributed by atoms with Crippen molar-refractivity contribution in [3.05, 3.63) is 0 Å². The van der Waals surface area contributed by atoms with Gasteiger partial charge in [0.15, 0.2) is 0 Å². The third-order valence-electron chi connectivity index (χ3n) is 3.01. The number of carbonyl (C=O) groups is 2. The monoisotopic (exact) mass is 228 g/mol. The van der Waals surface area contributed by atoms with Gasteiger partial charge in [-0.2, -0.15) is 0 Å². The maximum absolute atomic E-state index is 11.5. The van der Waals surface area contributed by atoms with Crippen molar-refractivity contribution in [2.24, 2.45) is 11.3 Å². The number of carbonyl (C=O) groups excluding carboxylic acids is 1. The second-order valence-electron chi connectivity index (χ2n) is 5.34. The number of rotatable bonds is 3. The molecule has 0 unspecified atom stereocenters. The van der Waals surface area contributed by atoms with Gasteiger partial charge in [-0.05, 0) is 11.3 Å². The summed E-state index contributed by atoms with van der Waals surface area (Å²) in [4.78, 5) is 23.5. The summed E-state index contributed by atoms with van der Waals surface area (Å²) in [6.45, 7) is 8.22. The lowest BCUT2D eigenvalue weighted by Gasteiger charge is -2.46. The van der Waals surface area contributed by atoms with E-state index in [1.54, 1.807) is 4.90 Å². The molecule has 1 heterocycles. The highest BCUT2D eigenvalue weighted by Crippen LogP contribution is 2.33. The summed E-state index contributed by atoms with van der Waals surface area (Å²) >= 11 is 0. The topological polar surface area (TPSA) is 69.6 Å². The molecule has 2 N–H and O–H groups in total. The molecule has 16 heavy (non-hydrogen) atoms. The molecular weight excluding hydrogens is 208 g/mol. The molecule has 0 spiro atoms. The molecular formula is C11H20N2O3. The normalized spacial score (nSPS) is 16.8. The van der Waals surface area contributed by atoms with E-state index in [1.165, 1.54) is 0 Å². The predicted molar refractivity (Wildman–Crippen MR) is 60.2 cm³/mol. The molecule has 0 aromatic carbocycles. The molecule has 1 aliphatic heterocycles. The number of urea groups is 1. The van der Waals surface area contributed by atoms with Crippen molar-refractivity contribution in [3.63, 3.8) is 0 Å². The first-order valence-corrected chi connectivity index (χ1v) is 5.55. The first-order chi connectivity index (χ1) is 7.30. The van der Waals surface area contributed by atoms with Crippen LogP contribution in [0.3, 0.4) is 0 Å². The van der Waals surface area contributed by atoms with Crippen molar-refractivity contribution in [1.82, 2.24) is 10.2 Å². The van der Waals surface area contributed by atoms with Crippen molar-refractivity contribution in [2.75, 3.05) is 19.6 Å². The minimum Gasteiger partial charge on any atom is -0.481 e. The number of nitrogens with one attached hydrogen (secondary N) is 1. The fourth-order valence-corrected chi connectivity index (χ4v) is 1.58. The highest BCUT2D eigenvalue weighted by atomic mass is 16.4. The molecule has 1 rings (SSSR count). The van der Waals surface area contributed by atoms with E-state index in [2.05, 4.69) is 26.1 Å². The Bertz CT molecular complexity index is 277. The van der Waals surface area contributed by atoms with Crippen LogP contribution in [-0.2, 0) is 4.79 Å². The van der Waals surface area contributed by atoms with Crippen LogP contribution in [0.1, 0.15) is 27.2 Å². The third kappa shape index (κ3) is 3.40. The second-order valence-corrected chi connectivity index (χ2v) is 5.34. The van der Waals surface area contributed by atoms with E-state index >= 15 is 0 Å². The SMILES string of the molecule is CC(C)(C)C1CN(C(=O)NCCC(=O)O)C1. The van der Waals surface area contributed by atoms with E-state index in [-0.39, 0.29) is 24.4 Å². The molecule has 0 bridgehead atoms. The standard InChI is InChI=1S/C11H20N2O3/c1-11(2,3)8-6-13(7-8)10(16)12-5-4-9(14)15/h8H,4-7H2,1-3H3,(H,12,16)(H,14,15). The third-order valence-corrected chi connectivity index (χ3v) is 3.01. The zero-order valence-corrected chi connectivity index (χ0v) is 10.1. The molecule has 1 saturated heterocycles. The summed E-state index contributed by atoms with van der Waals surface area (Å²) < 4.78 is 0. The average molecular weight is 228 g/mol. The van der Waals surface area contributed by atoms with Gasteiger partial charge in [0.2, 0.25) is 0 Å². The zero-order chi connectivity index (χ0) is 12.3. The van der Waals surface area contributed by atoms with E-state index in [4.69, 9.17) is 5.11 Å². The lowest BCUT2D eigenvalue weighted by molar-refractivity contribution is -0.136. The zero-order valence-electron chi connectivity index (χ0n) is 10.1. The fourth-order valence-electron chi connectivity index (χ4n) is 1.58. The van der Waals surface area contributed by atoms with Gasteiger partial charge in [0.1, 0.15) is 0 Å². The van der Waals surface area contributed by atoms with E-state index in [1.807, 2.05) is 0 Å². The molecule has 0 atom stereocenters. The van der Waals surface area contributed by atoms with E-state index in [9.17, 15) is 9.59 Å². The molecule has 0 radical (unpaired) electrons. The number of nitrogens with zero attached hydrogens (tertiary/aromatic N) is 1. The van der Waals surface area contributed by atoms with Gasteiger partial charge in [-0.25, -0.2) is 4.79 Å². The summed E-state index contributed by atoms with van der Waals surface area (Å²) in [6.07, 6.45) is -0.0255. The molecule has 0 aromatic heterocycles. The van der Waals surface area contributed by atoms with Gasteiger partial charge >= 0.3 is 12.0 Å². The first kappa shape index (κ1) is 12.8. The lowest BCUT2D eigenvalue weighted by atomic mass is 9.76. The van der Waals surface area contributed by atoms with E-state index in [0.717, 1.165) is 13.1 Å². The second kappa shape index (κ2) is 4.72. The van der Waals surface area contributed by atoms with Crippen molar-refractivity contribution in [3.8, 4) is 0 Å². The number of carboxylic acids is 1. The molecule has 2 amide bonds. The molecule has 92 valence electrons. The van der Waals surface area contributed by atoms with Crippen molar-refractivity contribution in [2.45, 2.75) is 27.2 Å². The molecule has 0 aromatic rings. The Kier molecular flexibility index (Phi) is 3.78. The van der Waals surface area contributed by atoms with Crippen molar-refractivity contribution in [1.29, 1.82) is 0 Å². The summed E-state index contributed by atoms with van der Waals surface area (Å²) in [7, 11) is 0. The first-order valence-electron chi connectivity index (χ1n) is 5.55. The van der Waals surface area contributed by atoms with Crippen LogP contribution >= 0.6 is 0 Å². The maximum Gasteiger partial charge on any atom is 0.317 e. The summed E-state index contributed by atoms with van der Waals surface area (Å²) in [5.41, 5.74) is 0.234. The van der Waals surface area contributed by atoms with Crippen LogP contribution < -0.4 is 5.32 Å². The van der Waals surface area contributed by atoms with Crippen LogP contribution in [0.4, 0.5) is 4.79 Å². The van der Waals surface area contributed by atoms with Crippen molar-refractivity contribution < 1.29 is 14.7 Å². The van der Waals surface area contributed by atoms with Gasteiger partial charge in [-0.15, -0.1) is 0 Å². The van der Waals surface area contributed by atoms with Gasteiger partial charge in [-0.3, -0.25) is 4.79 Å². The van der Waals surface area contributed by atoms with E-state index < -0.39 is 5.97 Å². The van der Waals surface area contributed by atoms with Crippen LogP contribution in [-0.4, -0.2) is 41.6 Å². The molecule has 0 saturated carbocycles. The minimum atomic E-state index is -0.892. The number of hydrogen-bond acceptors (Lipinski definition) is 2. The maximum atomic E-state index is 11.5. The largest absolute Gasteiger partial charge is 0.481 e. The molecule has 0 aliphatic carbocycles. The van der Waals surface area contributed by atoms with Crippen LogP contribution in [0.2, 0.25) is 0 Å². The Morgan fingerprint density at radius 2 is 1.94 bits per heavy atom.